The highest BCUT2D eigenvalue weighted by atomic mass is 16.5. The minimum atomic E-state index is -1.07. The summed E-state index contributed by atoms with van der Waals surface area (Å²) >= 11 is 0. The SMILES string of the molecule is CC(=O)Oc1ccc(CCC(=O)[O-])cc1. The summed E-state index contributed by atoms with van der Waals surface area (Å²) in [7, 11) is 0. The summed E-state index contributed by atoms with van der Waals surface area (Å²) in [4.78, 5) is 20.8. The number of aliphatic carboxylic acids is 1. The van der Waals surface area contributed by atoms with Gasteiger partial charge >= 0.3 is 5.97 Å². The second-order valence-corrected chi connectivity index (χ2v) is 3.11. The van der Waals surface area contributed by atoms with E-state index in [1.165, 1.54) is 6.92 Å². The fourth-order valence-corrected chi connectivity index (χ4v) is 1.14. The quantitative estimate of drug-likeness (QED) is 0.526. The predicted octanol–water partition coefficient (Wildman–Crippen LogP) is 0.294. The van der Waals surface area contributed by atoms with Crippen LogP contribution in [0.1, 0.15) is 18.9 Å². The zero-order valence-corrected chi connectivity index (χ0v) is 8.36. The molecule has 0 aliphatic carbocycles. The van der Waals surface area contributed by atoms with Crippen molar-refractivity contribution in [3.05, 3.63) is 29.8 Å². The fourth-order valence-electron chi connectivity index (χ4n) is 1.14. The van der Waals surface area contributed by atoms with Crippen LogP contribution in [0.5, 0.6) is 5.75 Å². The molecular formula is C11H11O4-. The van der Waals surface area contributed by atoms with Gasteiger partial charge in [-0.3, -0.25) is 4.79 Å². The lowest BCUT2D eigenvalue weighted by Crippen LogP contribution is -2.22. The normalized spacial score (nSPS) is 9.67. The van der Waals surface area contributed by atoms with Crippen LogP contribution >= 0.6 is 0 Å². The van der Waals surface area contributed by atoms with Gasteiger partial charge in [0.05, 0.1) is 0 Å². The smallest absolute Gasteiger partial charge is 0.308 e. The summed E-state index contributed by atoms with van der Waals surface area (Å²) in [5, 5.41) is 10.2. The lowest BCUT2D eigenvalue weighted by atomic mass is 10.1. The molecule has 0 N–H and O–H groups in total. The van der Waals surface area contributed by atoms with Gasteiger partial charge in [0.15, 0.2) is 0 Å². The number of hydrogen-bond donors (Lipinski definition) is 0. The standard InChI is InChI=1S/C11H12O4/c1-8(12)15-10-5-2-9(3-6-10)4-7-11(13)14/h2-3,5-6H,4,7H2,1H3,(H,13,14)/p-1. The molecule has 15 heavy (non-hydrogen) atoms. The number of rotatable bonds is 4. The molecule has 0 saturated carbocycles. The molecule has 0 spiro atoms. The molecule has 0 aliphatic heterocycles. The van der Waals surface area contributed by atoms with E-state index in [1.54, 1.807) is 24.3 Å². The minimum absolute atomic E-state index is 0.00703. The molecule has 0 atom stereocenters. The molecule has 1 rings (SSSR count). The van der Waals surface area contributed by atoms with E-state index in [2.05, 4.69) is 0 Å². The number of carboxylic acid groups (broad SMARTS) is 1. The lowest BCUT2D eigenvalue weighted by molar-refractivity contribution is -0.305. The van der Waals surface area contributed by atoms with Gasteiger partial charge in [-0.05, 0) is 30.5 Å². The molecule has 0 heterocycles. The van der Waals surface area contributed by atoms with Crippen LogP contribution in [0.15, 0.2) is 24.3 Å². The van der Waals surface area contributed by atoms with Crippen LogP contribution < -0.4 is 9.84 Å². The second kappa shape index (κ2) is 5.14. The number of hydrogen-bond acceptors (Lipinski definition) is 4. The molecule has 0 bridgehead atoms. The summed E-state index contributed by atoms with van der Waals surface area (Å²) in [6.07, 6.45) is 0.412. The third-order valence-corrected chi connectivity index (χ3v) is 1.80. The van der Waals surface area contributed by atoms with Crippen LogP contribution in [-0.4, -0.2) is 11.9 Å². The zero-order chi connectivity index (χ0) is 11.3. The molecular weight excluding hydrogens is 196 g/mol. The third kappa shape index (κ3) is 4.26. The molecule has 0 aliphatic rings. The number of carbonyl (C=O) groups excluding carboxylic acids is 2. The highest BCUT2D eigenvalue weighted by Gasteiger charge is 1.98. The highest BCUT2D eigenvalue weighted by Crippen LogP contribution is 2.13. The second-order valence-electron chi connectivity index (χ2n) is 3.11. The highest BCUT2D eigenvalue weighted by molar-refractivity contribution is 5.69. The van der Waals surface area contributed by atoms with E-state index in [9.17, 15) is 14.7 Å². The average molecular weight is 207 g/mol. The van der Waals surface area contributed by atoms with Crippen molar-refractivity contribution in [3.63, 3.8) is 0 Å². The first kappa shape index (κ1) is 11.2. The maximum atomic E-state index is 10.6. The summed E-state index contributed by atoms with van der Waals surface area (Å²) in [6, 6.07) is 6.71. The monoisotopic (exact) mass is 207 g/mol. The van der Waals surface area contributed by atoms with Crippen molar-refractivity contribution in [2.75, 3.05) is 0 Å². The van der Waals surface area contributed by atoms with Gasteiger partial charge in [0.2, 0.25) is 0 Å². The fraction of sp³-hybridized carbons (Fsp3) is 0.273. The molecule has 0 amide bonds. The van der Waals surface area contributed by atoms with E-state index in [0.29, 0.717) is 12.2 Å². The molecule has 0 saturated heterocycles. The lowest BCUT2D eigenvalue weighted by Gasteiger charge is -2.04. The number of carboxylic acids is 1. The molecule has 0 radical (unpaired) electrons. The van der Waals surface area contributed by atoms with Gasteiger partial charge < -0.3 is 14.6 Å². The number of aryl methyl sites for hydroxylation is 1. The van der Waals surface area contributed by atoms with E-state index < -0.39 is 5.97 Å². The van der Waals surface area contributed by atoms with Crippen molar-refractivity contribution in [1.82, 2.24) is 0 Å². The number of ether oxygens (including phenoxy) is 1. The Morgan fingerprint density at radius 2 is 1.87 bits per heavy atom. The predicted molar refractivity (Wildman–Crippen MR) is 51.1 cm³/mol. The van der Waals surface area contributed by atoms with Gasteiger partial charge in [0.1, 0.15) is 5.75 Å². The molecule has 0 unspecified atom stereocenters. The Bertz CT molecular complexity index is 353. The third-order valence-electron chi connectivity index (χ3n) is 1.80. The van der Waals surface area contributed by atoms with Crippen LogP contribution in [0.25, 0.3) is 0 Å². The van der Waals surface area contributed by atoms with E-state index in [-0.39, 0.29) is 12.4 Å². The van der Waals surface area contributed by atoms with Gasteiger partial charge in [-0.25, -0.2) is 0 Å². The molecule has 4 heteroatoms. The Morgan fingerprint density at radius 1 is 1.27 bits per heavy atom. The first-order valence-corrected chi connectivity index (χ1v) is 4.55. The molecule has 0 aromatic heterocycles. The topological polar surface area (TPSA) is 66.4 Å². The van der Waals surface area contributed by atoms with Crippen molar-refractivity contribution in [3.8, 4) is 5.75 Å². The van der Waals surface area contributed by atoms with Crippen LogP contribution in [0.4, 0.5) is 0 Å². The van der Waals surface area contributed by atoms with E-state index >= 15 is 0 Å². The summed E-state index contributed by atoms with van der Waals surface area (Å²) < 4.78 is 4.83. The summed E-state index contributed by atoms with van der Waals surface area (Å²) in [5.74, 6) is -0.990. The number of benzene rings is 1. The Morgan fingerprint density at radius 3 is 2.33 bits per heavy atom. The van der Waals surface area contributed by atoms with Crippen molar-refractivity contribution < 1.29 is 19.4 Å². The molecule has 0 fully saturated rings. The Hall–Kier alpha value is -1.84. The Kier molecular flexibility index (Phi) is 3.85. The van der Waals surface area contributed by atoms with Gasteiger partial charge in [-0.2, -0.15) is 0 Å². The van der Waals surface area contributed by atoms with E-state index in [0.717, 1.165) is 5.56 Å². The van der Waals surface area contributed by atoms with Gasteiger partial charge in [-0.1, -0.05) is 12.1 Å². The van der Waals surface area contributed by atoms with Crippen molar-refractivity contribution in [1.29, 1.82) is 0 Å². The number of carbonyl (C=O) groups is 2. The molecule has 80 valence electrons. The minimum Gasteiger partial charge on any atom is -0.550 e. The van der Waals surface area contributed by atoms with Gasteiger partial charge in [-0.15, -0.1) is 0 Å². The maximum Gasteiger partial charge on any atom is 0.308 e. The first-order valence-electron chi connectivity index (χ1n) is 4.55. The largest absolute Gasteiger partial charge is 0.550 e. The molecule has 1 aromatic carbocycles. The van der Waals surface area contributed by atoms with Crippen LogP contribution in [0.3, 0.4) is 0 Å². The summed E-state index contributed by atoms with van der Waals surface area (Å²) in [5.41, 5.74) is 0.870. The van der Waals surface area contributed by atoms with Crippen LogP contribution in [0, 0.1) is 0 Å². The first-order chi connectivity index (χ1) is 7.08. The average Bonchev–Trinajstić information content (AvgIpc) is 2.16. The zero-order valence-electron chi connectivity index (χ0n) is 8.36. The Balaban J connectivity index is 2.56. The van der Waals surface area contributed by atoms with Gasteiger partial charge in [0.25, 0.3) is 0 Å². The Labute approximate surface area is 87.5 Å². The summed E-state index contributed by atoms with van der Waals surface area (Å²) in [6.45, 7) is 1.32. The van der Waals surface area contributed by atoms with Crippen molar-refractivity contribution in [2.24, 2.45) is 0 Å². The maximum absolute atomic E-state index is 10.6. The van der Waals surface area contributed by atoms with Gasteiger partial charge in [0, 0.05) is 12.9 Å². The molecule has 1 aromatic rings. The van der Waals surface area contributed by atoms with Crippen molar-refractivity contribution in [2.45, 2.75) is 19.8 Å². The van der Waals surface area contributed by atoms with Crippen LogP contribution in [0.2, 0.25) is 0 Å². The van der Waals surface area contributed by atoms with E-state index in [1.807, 2.05) is 0 Å². The van der Waals surface area contributed by atoms with E-state index in [4.69, 9.17) is 4.74 Å². The van der Waals surface area contributed by atoms with Crippen LogP contribution in [-0.2, 0) is 16.0 Å². The molecule has 4 nitrogen and oxygen atoms in total. The number of esters is 1. The van der Waals surface area contributed by atoms with Crippen molar-refractivity contribution >= 4 is 11.9 Å².